The van der Waals surface area contributed by atoms with Gasteiger partial charge in [-0.25, -0.2) is 17.6 Å². The van der Waals surface area contributed by atoms with Crippen molar-refractivity contribution < 1.29 is 50.2 Å². The van der Waals surface area contributed by atoms with Gasteiger partial charge in [-0.2, -0.15) is 4.31 Å². The third-order valence-corrected chi connectivity index (χ3v) is 7.43. The molecule has 0 aromatic heterocycles. The van der Waals surface area contributed by atoms with Gasteiger partial charge in [0.05, 0.1) is 22.9 Å². The summed E-state index contributed by atoms with van der Waals surface area (Å²) in [5.41, 5.74) is -0.286. The molecule has 0 aliphatic carbocycles. The predicted molar refractivity (Wildman–Crippen MR) is 129 cm³/mol. The van der Waals surface area contributed by atoms with Gasteiger partial charge in [-0.3, -0.25) is 9.59 Å². The molecule has 11 nitrogen and oxygen atoms in total. The molecule has 1 aliphatic rings. The van der Waals surface area contributed by atoms with Gasteiger partial charge in [-0.1, -0.05) is 0 Å². The van der Waals surface area contributed by atoms with Crippen LogP contribution in [0.5, 0.6) is 5.75 Å². The van der Waals surface area contributed by atoms with Crippen molar-refractivity contribution in [3.05, 3.63) is 48.3 Å². The van der Waals surface area contributed by atoms with Crippen LogP contribution in [-0.4, -0.2) is 61.7 Å². The van der Waals surface area contributed by atoms with Crippen LogP contribution in [-0.2, 0) is 19.6 Å². The van der Waals surface area contributed by atoms with Crippen LogP contribution in [0.4, 0.5) is 33.7 Å². The van der Waals surface area contributed by atoms with E-state index in [9.17, 15) is 40.4 Å². The van der Waals surface area contributed by atoms with Crippen LogP contribution < -0.4 is 20.7 Å². The maximum atomic E-state index is 14.7. The Kier molecular flexibility index (Phi) is 9.34. The molecule has 3 rings (SSSR count). The number of hydrogen-bond acceptors (Lipinski definition) is 6. The molecular formula is C23H24F4N4O7S. The number of piperidine rings is 1. The highest BCUT2D eigenvalue weighted by molar-refractivity contribution is 7.89. The third kappa shape index (κ3) is 8.54. The first-order valence-corrected chi connectivity index (χ1v) is 12.9. The molecule has 2 aromatic carbocycles. The minimum Gasteiger partial charge on any atom is -0.481 e. The summed E-state index contributed by atoms with van der Waals surface area (Å²) in [5, 5.41) is 15.6. The van der Waals surface area contributed by atoms with Crippen molar-refractivity contribution in [2.24, 2.45) is 5.92 Å². The fourth-order valence-electron chi connectivity index (χ4n) is 3.74. The molecule has 1 heterocycles. The molecule has 0 unspecified atom stereocenters. The smallest absolute Gasteiger partial charge is 0.481 e. The second-order valence-corrected chi connectivity index (χ2v) is 10.4. The number of alkyl halides is 3. The summed E-state index contributed by atoms with van der Waals surface area (Å²) in [5.74, 6) is -3.84. The van der Waals surface area contributed by atoms with Gasteiger partial charge < -0.3 is 25.8 Å². The van der Waals surface area contributed by atoms with Gasteiger partial charge in [0.15, 0.2) is 0 Å². The Morgan fingerprint density at radius 1 is 1.08 bits per heavy atom. The van der Waals surface area contributed by atoms with E-state index in [1.165, 1.54) is 0 Å². The number of urea groups is 1. The second-order valence-electron chi connectivity index (χ2n) is 8.43. The van der Waals surface area contributed by atoms with Crippen LogP contribution >= 0.6 is 0 Å². The number of rotatable bonds is 9. The molecule has 0 saturated carbocycles. The molecule has 0 bridgehead atoms. The molecular weight excluding hydrogens is 552 g/mol. The Morgan fingerprint density at radius 2 is 1.77 bits per heavy atom. The zero-order valence-corrected chi connectivity index (χ0v) is 20.9. The van der Waals surface area contributed by atoms with Crippen molar-refractivity contribution in [3.63, 3.8) is 0 Å². The minimum absolute atomic E-state index is 0.0771. The molecule has 2 aromatic rings. The number of ether oxygens (including phenoxy) is 1. The van der Waals surface area contributed by atoms with E-state index in [0.29, 0.717) is 18.9 Å². The van der Waals surface area contributed by atoms with Crippen LogP contribution in [0.1, 0.15) is 19.3 Å². The molecule has 1 saturated heterocycles. The summed E-state index contributed by atoms with van der Waals surface area (Å²) >= 11 is 0. The van der Waals surface area contributed by atoms with Gasteiger partial charge in [-0.15, -0.1) is 13.2 Å². The standard InChI is InChI=1S/C23H24F4N4O7S/c24-18-12-17(39(36,37)31-11-1-2-14(13-31)21(34)28-10-9-20(32)33)7-8-19(18)30-22(35)29-15-3-5-16(6-4-15)38-23(25,26)27/h3-8,12,14H,1-2,9-11,13H2,(H,28,34)(H,32,33)(H2,29,30,35)/t14-/m0/s1. The lowest BCUT2D eigenvalue weighted by molar-refractivity contribution is -0.274. The normalized spacial score (nSPS) is 16.3. The lowest BCUT2D eigenvalue weighted by atomic mass is 9.99. The highest BCUT2D eigenvalue weighted by Crippen LogP contribution is 2.27. The number of amides is 3. The number of anilines is 2. The van der Waals surface area contributed by atoms with Gasteiger partial charge in [-0.05, 0) is 55.3 Å². The van der Waals surface area contributed by atoms with Crippen molar-refractivity contribution in [1.82, 2.24) is 9.62 Å². The first-order valence-electron chi connectivity index (χ1n) is 11.5. The van der Waals surface area contributed by atoms with Crippen LogP contribution in [0, 0.1) is 11.7 Å². The van der Waals surface area contributed by atoms with Gasteiger partial charge >= 0.3 is 18.4 Å². The van der Waals surface area contributed by atoms with Crippen molar-refractivity contribution in [2.75, 3.05) is 30.3 Å². The highest BCUT2D eigenvalue weighted by Gasteiger charge is 2.34. The number of sulfonamides is 1. The molecule has 0 radical (unpaired) electrons. The number of halogens is 4. The zero-order chi connectivity index (χ0) is 28.8. The van der Waals surface area contributed by atoms with E-state index in [0.717, 1.165) is 40.7 Å². The number of hydrogen-bond donors (Lipinski definition) is 4. The van der Waals surface area contributed by atoms with Crippen LogP contribution in [0.3, 0.4) is 0 Å². The number of nitrogens with zero attached hydrogens (tertiary/aromatic N) is 1. The molecule has 1 fully saturated rings. The lowest BCUT2D eigenvalue weighted by Gasteiger charge is -2.31. The molecule has 1 atom stereocenters. The zero-order valence-electron chi connectivity index (χ0n) is 20.1. The molecule has 16 heteroatoms. The molecule has 1 aliphatic heterocycles. The fourth-order valence-corrected chi connectivity index (χ4v) is 5.28. The van der Waals surface area contributed by atoms with Gasteiger partial charge in [0.1, 0.15) is 11.6 Å². The highest BCUT2D eigenvalue weighted by atomic mass is 32.2. The molecule has 3 amide bonds. The van der Waals surface area contributed by atoms with Gasteiger partial charge in [0.2, 0.25) is 15.9 Å². The number of benzene rings is 2. The molecule has 4 N–H and O–H groups in total. The summed E-state index contributed by atoms with van der Waals surface area (Å²) in [6, 6.07) is 6.07. The summed E-state index contributed by atoms with van der Waals surface area (Å²) in [7, 11) is -4.20. The molecule has 212 valence electrons. The second kappa shape index (κ2) is 12.3. The van der Waals surface area contributed by atoms with Crippen LogP contribution in [0.2, 0.25) is 0 Å². The maximum absolute atomic E-state index is 14.7. The van der Waals surface area contributed by atoms with E-state index in [-0.39, 0.29) is 37.4 Å². The van der Waals surface area contributed by atoms with Crippen molar-refractivity contribution in [1.29, 1.82) is 0 Å². The van der Waals surface area contributed by atoms with E-state index in [2.05, 4.69) is 20.7 Å². The number of carboxylic acid groups (broad SMARTS) is 1. The van der Waals surface area contributed by atoms with Crippen molar-refractivity contribution >= 4 is 39.3 Å². The SMILES string of the molecule is O=C(O)CCNC(=O)[C@H]1CCCN(S(=O)(=O)c2ccc(NC(=O)Nc3ccc(OC(F)(F)F)cc3)c(F)c2)C1. The number of carbonyl (C=O) groups excluding carboxylic acids is 2. The number of nitrogens with one attached hydrogen (secondary N) is 3. The summed E-state index contributed by atoms with van der Waals surface area (Å²) in [6.07, 6.45) is -4.39. The van der Waals surface area contributed by atoms with Crippen LogP contribution in [0.25, 0.3) is 0 Å². The monoisotopic (exact) mass is 576 g/mol. The average molecular weight is 577 g/mol. The minimum atomic E-state index is -4.88. The average Bonchev–Trinajstić information content (AvgIpc) is 2.85. The number of carboxylic acids is 1. The Labute approximate surface area is 220 Å². The Hall–Kier alpha value is -3.92. The quantitative estimate of drug-likeness (QED) is 0.334. The number of aliphatic carboxylic acids is 1. The van der Waals surface area contributed by atoms with Crippen molar-refractivity contribution in [2.45, 2.75) is 30.5 Å². The van der Waals surface area contributed by atoms with Crippen molar-refractivity contribution in [3.8, 4) is 5.75 Å². The molecule has 39 heavy (non-hydrogen) atoms. The van der Waals surface area contributed by atoms with Crippen LogP contribution in [0.15, 0.2) is 47.4 Å². The first-order chi connectivity index (χ1) is 18.2. The Morgan fingerprint density at radius 3 is 2.38 bits per heavy atom. The van der Waals surface area contributed by atoms with Gasteiger partial charge in [0.25, 0.3) is 0 Å². The lowest BCUT2D eigenvalue weighted by Crippen LogP contribution is -2.45. The maximum Gasteiger partial charge on any atom is 0.573 e. The Balaban J connectivity index is 1.61. The van der Waals surface area contributed by atoms with E-state index >= 15 is 0 Å². The summed E-state index contributed by atoms with van der Waals surface area (Å²) in [6.45, 7) is -0.168. The summed E-state index contributed by atoms with van der Waals surface area (Å²) in [4.78, 5) is 34.7. The first kappa shape index (κ1) is 29.6. The predicted octanol–water partition coefficient (Wildman–Crippen LogP) is 3.36. The van der Waals surface area contributed by atoms with E-state index in [4.69, 9.17) is 5.11 Å². The van der Waals surface area contributed by atoms with E-state index < -0.39 is 56.7 Å². The Bertz CT molecular complexity index is 1320. The topological polar surface area (TPSA) is 154 Å². The summed E-state index contributed by atoms with van der Waals surface area (Å²) < 4.78 is 82.3. The molecule has 0 spiro atoms. The number of carbonyl (C=O) groups is 3. The fraction of sp³-hybridized carbons (Fsp3) is 0.348. The largest absolute Gasteiger partial charge is 0.573 e. The van der Waals surface area contributed by atoms with Gasteiger partial charge in [0, 0.05) is 25.3 Å². The third-order valence-electron chi connectivity index (χ3n) is 5.57. The van der Waals surface area contributed by atoms with E-state index in [1.807, 2.05) is 0 Å². The van der Waals surface area contributed by atoms with E-state index in [1.54, 1.807) is 0 Å².